The Morgan fingerprint density at radius 2 is 2.44 bits per heavy atom. The number of thioether (sulfide) groups is 1. The van der Waals surface area contributed by atoms with E-state index in [0.717, 1.165) is 17.9 Å². The highest BCUT2D eigenvalue weighted by Crippen LogP contribution is 2.14. The maximum atomic E-state index is 11.7. The molecule has 1 rings (SSSR count). The van der Waals surface area contributed by atoms with Gasteiger partial charge in [0.2, 0.25) is 5.91 Å². The van der Waals surface area contributed by atoms with Crippen LogP contribution in [0.5, 0.6) is 0 Å². The van der Waals surface area contributed by atoms with Gasteiger partial charge in [0.15, 0.2) is 5.82 Å². The van der Waals surface area contributed by atoms with Gasteiger partial charge in [0.25, 0.3) is 0 Å². The van der Waals surface area contributed by atoms with Gasteiger partial charge >= 0.3 is 0 Å². The summed E-state index contributed by atoms with van der Waals surface area (Å²) >= 11 is 1.69. The van der Waals surface area contributed by atoms with Gasteiger partial charge in [0.05, 0.1) is 5.25 Å². The van der Waals surface area contributed by atoms with Crippen LogP contribution in [0.3, 0.4) is 0 Å². The molecule has 4 nitrogen and oxygen atoms in total. The lowest BCUT2D eigenvalue weighted by atomic mass is 10.4. The first-order valence-corrected chi connectivity index (χ1v) is 6.62. The van der Waals surface area contributed by atoms with Gasteiger partial charge in [-0.15, -0.1) is 11.8 Å². The Morgan fingerprint density at radius 3 is 3.00 bits per heavy atom. The highest BCUT2D eigenvalue weighted by atomic mass is 32.2. The van der Waals surface area contributed by atoms with Crippen molar-refractivity contribution in [1.29, 1.82) is 0 Å². The maximum Gasteiger partial charge on any atom is 0.238 e. The van der Waals surface area contributed by atoms with Gasteiger partial charge < -0.3 is 5.32 Å². The van der Waals surface area contributed by atoms with E-state index in [1.165, 1.54) is 6.42 Å². The van der Waals surface area contributed by atoms with Crippen LogP contribution in [-0.2, 0) is 4.79 Å². The van der Waals surface area contributed by atoms with Gasteiger partial charge in [-0.25, -0.2) is 0 Å². The molecule has 0 aliphatic rings. The minimum absolute atomic E-state index is 0.0209. The molecule has 1 aromatic rings. The van der Waals surface area contributed by atoms with Gasteiger partial charge in [-0.2, -0.15) is 5.10 Å². The largest absolute Gasteiger partial charge is 0.308 e. The van der Waals surface area contributed by atoms with Crippen molar-refractivity contribution in [3.05, 3.63) is 11.8 Å². The molecule has 0 unspecified atom stereocenters. The maximum absolute atomic E-state index is 11.7. The zero-order valence-electron chi connectivity index (χ0n) is 10.0. The molecular formula is C11H19N3OS. The summed E-state index contributed by atoms with van der Waals surface area (Å²) in [7, 11) is 0. The van der Waals surface area contributed by atoms with Crippen molar-refractivity contribution in [2.45, 2.75) is 38.9 Å². The molecule has 16 heavy (non-hydrogen) atoms. The first-order chi connectivity index (χ1) is 7.63. The Hall–Kier alpha value is -0.970. The van der Waals surface area contributed by atoms with Crippen molar-refractivity contribution < 1.29 is 4.79 Å². The Bertz CT molecular complexity index is 338. The normalized spacial score (nSPS) is 12.4. The fourth-order valence-corrected chi connectivity index (χ4v) is 2.21. The number of carbonyl (C=O) groups is 1. The van der Waals surface area contributed by atoms with E-state index in [2.05, 4.69) is 22.4 Å². The van der Waals surface area contributed by atoms with E-state index in [9.17, 15) is 4.79 Å². The molecule has 5 heteroatoms. The monoisotopic (exact) mass is 241 g/mol. The number of nitrogens with one attached hydrogen (secondary N) is 2. The van der Waals surface area contributed by atoms with Crippen LogP contribution in [0.2, 0.25) is 0 Å². The van der Waals surface area contributed by atoms with Crippen molar-refractivity contribution >= 4 is 23.5 Å². The molecule has 0 radical (unpaired) electrons. The fourth-order valence-electron chi connectivity index (χ4n) is 1.19. The molecule has 1 amide bonds. The molecule has 0 aromatic carbocycles. The molecule has 0 bridgehead atoms. The van der Waals surface area contributed by atoms with Crippen molar-refractivity contribution in [3.8, 4) is 0 Å². The van der Waals surface area contributed by atoms with E-state index in [1.807, 2.05) is 19.9 Å². The number of carbonyl (C=O) groups excluding carboxylic acids is 1. The smallest absolute Gasteiger partial charge is 0.238 e. The summed E-state index contributed by atoms with van der Waals surface area (Å²) in [5.74, 6) is 1.66. The van der Waals surface area contributed by atoms with E-state index in [4.69, 9.17) is 0 Å². The first-order valence-electron chi connectivity index (χ1n) is 5.58. The Balaban J connectivity index is 2.34. The second-order valence-corrected chi connectivity index (χ2v) is 5.24. The van der Waals surface area contributed by atoms with Gasteiger partial charge in [-0.1, -0.05) is 13.3 Å². The summed E-state index contributed by atoms with van der Waals surface area (Å²) in [5, 5.41) is 9.52. The predicted octanol–water partition coefficient (Wildman–Crippen LogP) is 2.58. The van der Waals surface area contributed by atoms with Crippen LogP contribution in [0.15, 0.2) is 6.07 Å². The Labute approximate surface area is 101 Å². The predicted molar refractivity (Wildman–Crippen MR) is 68.8 cm³/mol. The minimum atomic E-state index is -0.0245. The SMILES string of the molecule is CCCCS[C@H](C)C(=O)Nc1cc(C)[nH]n1. The molecule has 2 N–H and O–H groups in total. The number of hydrogen-bond donors (Lipinski definition) is 2. The second kappa shape index (κ2) is 6.58. The summed E-state index contributed by atoms with van der Waals surface area (Å²) in [6, 6.07) is 1.82. The lowest BCUT2D eigenvalue weighted by molar-refractivity contribution is -0.115. The van der Waals surface area contributed by atoms with Crippen LogP contribution in [0, 0.1) is 6.92 Å². The van der Waals surface area contributed by atoms with Crippen molar-refractivity contribution in [3.63, 3.8) is 0 Å². The summed E-state index contributed by atoms with van der Waals surface area (Å²) in [6.07, 6.45) is 2.32. The second-order valence-electron chi connectivity index (χ2n) is 3.79. The number of amides is 1. The van der Waals surface area contributed by atoms with Crippen LogP contribution in [0.1, 0.15) is 32.4 Å². The lowest BCUT2D eigenvalue weighted by Crippen LogP contribution is -2.23. The Morgan fingerprint density at radius 1 is 1.69 bits per heavy atom. The topological polar surface area (TPSA) is 57.8 Å². The third kappa shape index (κ3) is 4.26. The third-order valence-corrected chi connectivity index (χ3v) is 3.43. The van der Waals surface area contributed by atoms with Gasteiger partial charge in [0, 0.05) is 11.8 Å². The number of aromatic amines is 1. The van der Waals surface area contributed by atoms with E-state index in [1.54, 1.807) is 11.8 Å². The average molecular weight is 241 g/mol. The number of unbranched alkanes of at least 4 members (excludes halogenated alkanes) is 1. The molecule has 1 aromatic heterocycles. The number of nitrogens with zero attached hydrogens (tertiary/aromatic N) is 1. The first kappa shape index (κ1) is 13.1. The highest BCUT2D eigenvalue weighted by Gasteiger charge is 2.13. The summed E-state index contributed by atoms with van der Waals surface area (Å²) < 4.78 is 0. The number of rotatable bonds is 6. The minimum Gasteiger partial charge on any atom is -0.308 e. The zero-order chi connectivity index (χ0) is 12.0. The van der Waals surface area contributed by atoms with E-state index < -0.39 is 0 Å². The van der Waals surface area contributed by atoms with Gasteiger partial charge in [0.1, 0.15) is 0 Å². The Kier molecular flexibility index (Phi) is 5.38. The standard InChI is InChI=1S/C11H19N3OS/c1-4-5-6-16-9(3)11(15)12-10-7-8(2)13-14-10/h7,9H,4-6H2,1-3H3,(H2,12,13,14,15)/t9-/m1/s1. The molecule has 90 valence electrons. The van der Waals surface area contributed by atoms with Crippen molar-refractivity contribution in [2.24, 2.45) is 0 Å². The third-order valence-electron chi connectivity index (χ3n) is 2.19. The molecule has 0 saturated heterocycles. The van der Waals surface area contributed by atoms with E-state index >= 15 is 0 Å². The van der Waals surface area contributed by atoms with Crippen LogP contribution in [0.4, 0.5) is 5.82 Å². The highest BCUT2D eigenvalue weighted by molar-refractivity contribution is 8.00. The summed E-state index contributed by atoms with van der Waals surface area (Å²) in [6.45, 7) is 5.98. The number of anilines is 1. The molecule has 1 heterocycles. The molecule has 0 aliphatic heterocycles. The number of aromatic nitrogens is 2. The molecular weight excluding hydrogens is 222 g/mol. The van der Waals surface area contributed by atoms with Crippen LogP contribution in [-0.4, -0.2) is 27.1 Å². The quantitative estimate of drug-likeness (QED) is 0.753. The zero-order valence-corrected chi connectivity index (χ0v) is 10.9. The fraction of sp³-hybridized carbons (Fsp3) is 0.636. The van der Waals surface area contributed by atoms with Crippen LogP contribution < -0.4 is 5.32 Å². The van der Waals surface area contributed by atoms with E-state index in [-0.39, 0.29) is 11.2 Å². The molecule has 1 atom stereocenters. The van der Waals surface area contributed by atoms with Crippen molar-refractivity contribution in [2.75, 3.05) is 11.1 Å². The van der Waals surface area contributed by atoms with Crippen molar-refractivity contribution in [1.82, 2.24) is 10.2 Å². The number of H-pyrrole nitrogens is 1. The molecule has 0 aliphatic carbocycles. The molecule has 0 saturated carbocycles. The number of aryl methyl sites for hydroxylation is 1. The van der Waals surface area contributed by atoms with Crippen LogP contribution in [0.25, 0.3) is 0 Å². The van der Waals surface area contributed by atoms with E-state index in [0.29, 0.717) is 5.82 Å². The summed E-state index contributed by atoms with van der Waals surface area (Å²) in [5.41, 5.74) is 0.946. The van der Waals surface area contributed by atoms with Crippen LogP contribution >= 0.6 is 11.8 Å². The average Bonchev–Trinajstić information content (AvgIpc) is 2.64. The van der Waals surface area contributed by atoms with Gasteiger partial charge in [-0.3, -0.25) is 9.89 Å². The molecule has 0 spiro atoms. The number of hydrogen-bond acceptors (Lipinski definition) is 3. The summed E-state index contributed by atoms with van der Waals surface area (Å²) in [4.78, 5) is 11.7. The lowest BCUT2D eigenvalue weighted by Gasteiger charge is -2.09. The molecule has 0 fully saturated rings. The van der Waals surface area contributed by atoms with Gasteiger partial charge in [-0.05, 0) is 26.0 Å².